The van der Waals surface area contributed by atoms with Gasteiger partial charge >= 0.3 is 0 Å². The molecular formula is C13H19NO. The molecule has 0 saturated carbocycles. The van der Waals surface area contributed by atoms with E-state index in [1.54, 1.807) is 0 Å². The number of carbonyl (C=O) groups is 1. The number of aryl methyl sites for hydroxylation is 2. The summed E-state index contributed by atoms with van der Waals surface area (Å²) >= 11 is 0. The number of hydrogen-bond donors (Lipinski definition) is 1. The first kappa shape index (κ1) is 11.8. The molecular weight excluding hydrogens is 186 g/mol. The summed E-state index contributed by atoms with van der Waals surface area (Å²) < 4.78 is 0. The first-order valence-corrected chi connectivity index (χ1v) is 5.35. The molecule has 1 unspecified atom stereocenters. The molecule has 1 amide bonds. The number of rotatable bonds is 4. The highest BCUT2D eigenvalue weighted by molar-refractivity contribution is 5.73. The summed E-state index contributed by atoms with van der Waals surface area (Å²) in [4.78, 5) is 10.7. The van der Waals surface area contributed by atoms with Crippen molar-refractivity contribution in [2.24, 2.45) is 5.73 Å². The number of benzene rings is 1. The summed E-state index contributed by atoms with van der Waals surface area (Å²) in [7, 11) is 0. The van der Waals surface area contributed by atoms with Crippen LogP contribution in [-0.4, -0.2) is 5.91 Å². The van der Waals surface area contributed by atoms with Crippen molar-refractivity contribution in [2.75, 3.05) is 0 Å². The van der Waals surface area contributed by atoms with Gasteiger partial charge in [-0.05, 0) is 31.7 Å². The maximum Gasteiger partial charge on any atom is 0.217 e. The zero-order valence-electron chi connectivity index (χ0n) is 9.71. The lowest BCUT2D eigenvalue weighted by molar-refractivity contribution is -0.118. The normalized spacial score (nSPS) is 12.5. The minimum atomic E-state index is -0.216. The molecule has 15 heavy (non-hydrogen) atoms. The van der Waals surface area contributed by atoms with Crippen LogP contribution in [0.5, 0.6) is 0 Å². The van der Waals surface area contributed by atoms with Crippen LogP contribution in [0.4, 0.5) is 0 Å². The summed E-state index contributed by atoms with van der Waals surface area (Å²) in [6.45, 7) is 6.33. The van der Waals surface area contributed by atoms with Gasteiger partial charge in [0.2, 0.25) is 5.91 Å². The van der Waals surface area contributed by atoms with Crippen LogP contribution >= 0.6 is 0 Å². The Balaban J connectivity index is 2.72. The van der Waals surface area contributed by atoms with E-state index < -0.39 is 0 Å². The van der Waals surface area contributed by atoms with E-state index in [1.165, 1.54) is 16.7 Å². The predicted molar refractivity (Wildman–Crippen MR) is 62.8 cm³/mol. The fourth-order valence-corrected chi connectivity index (χ4v) is 1.82. The van der Waals surface area contributed by atoms with Gasteiger partial charge in [-0.2, -0.15) is 0 Å². The highest BCUT2D eigenvalue weighted by Crippen LogP contribution is 2.22. The van der Waals surface area contributed by atoms with Crippen molar-refractivity contribution in [2.45, 2.75) is 39.5 Å². The summed E-state index contributed by atoms with van der Waals surface area (Å²) in [5.74, 6) is 0.183. The quantitative estimate of drug-likeness (QED) is 0.806. The lowest BCUT2D eigenvalue weighted by Gasteiger charge is -2.12. The summed E-state index contributed by atoms with van der Waals surface area (Å²) in [6, 6.07) is 6.52. The molecule has 1 rings (SSSR count). The van der Waals surface area contributed by atoms with Gasteiger partial charge in [-0.15, -0.1) is 0 Å². The maximum atomic E-state index is 10.7. The Kier molecular flexibility index (Phi) is 3.89. The first-order chi connectivity index (χ1) is 6.99. The van der Waals surface area contributed by atoms with Gasteiger partial charge < -0.3 is 5.73 Å². The van der Waals surface area contributed by atoms with Crippen molar-refractivity contribution in [1.82, 2.24) is 0 Å². The lowest BCUT2D eigenvalue weighted by atomic mass is 9.93. The van der Waals surface area contributed by atoms with Gasteiger partial charge in [-0.1, -0.05) is 36.2 Å². The molecule has 0 aliphatic carbocycles. The van der Waals surface area contributed by atoms with E-state index in [9.17, 15) is 4.79 Å². The fraction of sp³-hybridized carbons (Fsp3) is 0.462. The van der Waals surface area contributed by atoms with Gasteiger partial charge in [0.05, 0.1) is 0 Å². The Morgan fingerprint density at radius 3 is 2.27 bits per heavy atom. The van der Waals surface area contributed by atoms with Crippen LogP contribution in [0.2, 0.25) is 0 Å². The van der Waals surface area contributed by atoms with Gasteiger partial charge in [0.25, 0.3) is 0 Å². The molecule has 0 aromatic heterocycles. The molecule has 0 aliphatic heterocycles. The van der Waals surface area contributed by atoms with Crippen molar-refractivity contribution < 1.29 is 4.79 Å². The van der Waals surface area contributed by atoms with Crippen LogP contribution < -0.4 is 5.73 Å². The summed E-state index contributed by atoms with van der Waals surface area (Å²) in [5.41, 5.74) is 8.99. The molecule has 82 valence electrons. The van der Waals surface area contributed by atoms with Crippen LogP contribution in [0, 0.1) is 13.8 Å². The summed E-state index contributed by atoms with van der Waals surface area (Å²) in [5, 5.41) is 0. The molecule has 0 saturated heterocycles. The van der Waals surface area contributed by atoms with Gasteiger partial charge in [0.1, 0.15) is 0 Å². The topological polar surface area (TPSA) is 43.1 Å². The van der Waals surface area contributed by atoms with E-state index in [2.05, 4.69) is 39.0 Å². The van der Waals surface area contributed by atoms with E-state index in [0.29, 0.717) is 12.3 Å². The Morgan fingerprint density at radius 1 is 1.27 bits per heavy atom. The van der Waals surface area contributed by atoms with E-state index in [0.717, 1.165) is 6.42 Å². The first-order valence-electron chi connectivity index (χ1n) is 5.35. The zero-order chi connectivity index (χ0) is 11.4. The average molecular weight is 205 g/mol. The molecule has 0 bridgehead atoms. The number of hydrogen-bond acceptors (Lipinski definition) is 1. The van der Waals surface area contributed by atoms with Crippen LogP contribution in [0.25, 0.3) is 0 Å². The third-order valence-electron chi connectivity index (χ3n) is 2.64. The van der Waals surface area contributed by atoms with Gasteiger partial charge in [-0.25, -0.2) is 0 Å². The van der Waals surface area contributed by atoms with Crippen molar-refractivity contribution in [3.8, 4) is 0 Å². The molecule has 0 radical (unpaired) electrons. The van der Waals surface area contributed by atoms with Crippen LogP contribution in [0.1, 0.15) is 42.4 Å². The van der Waals surface area contributed by atoms with Crippen molar-refractivity contribution in [3.63, 3.8) is 0 Å². The largest absolute Gasteiger partial charge is 0.370 e. The Morgan fingerprint density at radius 2 is 1.80 bits per heavy atom. The van der Waals surface area contributed by atoms with E-state index in [1.807, 2.05) is 0 Å². The maximum absolute atomic E-state index is 10.7. The Bertz CT molecular complexity index is 337. The van der Waals surface area contributed by atoms with Crippen molar-refractivity contribution in [1.29, 1.82) is 0 Å². The Labute approximate surface area is 91.5 Å². The monoisotopic (exact) mass is 205 g/mol. The highest BCUT2D eigenvalue weighted by Gasteiger charge is 2.07. The Hall–Kier alpha value is -1.31. The molecule has 0 heterocycles. The highest BCUT2D eigenvalue weighted by atomic mass is 16.1. The molecule has 2 N–H and O–H groups in total. The molecule has 2 heteroatoms. The number of carbonyl (C=O) groups excluding carboxylic acids is 1. The second kappa shape index (κ2) is 4.96. The fourth-order valence-electron chi connectivity index (χ4n) is 1.82. The summed E-state index contributed by atoms with van der Waals surface area (Å²) in [6.07, 6.45) is 1.30. The molecule has 1 atom stereocenters. The van der Waals surface area contributed by atoms with Crippen molar-refractivity contribution >= 4 is 5.91 Å². The third-order valence-corrected chi connectivity index (χ3v) is 2.64. The molecule has 0 aliphatic rings. The minimum absolute atomic E-state index is 0.216. The SMILES string of the molecule is Cc1cc(C)cc(C(C)CCC(N)=O)c1. The second-order valence-electron chi connectivity index (χ2n) is 4.33. The van der Waals surface area contributed by atoms with Gasteiger partial charge in [0.15, 0.2) is 0 Å². The molecule has 2 nitrogen and oxygen atoms in total. The third kappa shape index (κ3) is 3.74. The average Bonchev–Trinajstić information content (AvgIpc) is 2.12. The lowest BCUT2D eigenvalue weighted by Crippen LogP contribution is -2.11. The second-order valence-corrected chi connectivity index (χ2v) is 4.33. The molecule has 0 fully saturated rings. The molecule has 0 spiro atoms. The molecule has 1 aromatic rings. The predicted octanol–water partition coefficient (Wildman–Crippen LogP) is 2.67. The van der Waals surface area contributed by atoms with E-state index in [-0.39, 0.29) is 5.91 Å². The van der Waals surface area contributed by atoms with E-state index >= 15 is 0 Å². The van der Waals surface area contributed by atoms with Gasteiger partial charge in [0, 0.05) is 6.42 Å². The van der Waals surface area contributed by atoms with Crippen LogP contribution in [0.15, 0.2) is 18.2 Å². The van der Waals surface area contributed by atoms with Crippen molar-refractivity contribution in [3.05, 3.63) is 34.9 Å². The number of amides is 1. The standard InChI is InChI=1S/C13H19NO/c1-9-6-10(2)8-12(7-9)11(3)4-5-13(14)15/h6-8,11H,4-5H2,1-3H3,(H2,14,15). The number of nitrogens with two attached hydrogens (primary N) is 1. The molecule has 1 aromatic carbocycles. The van der Waals surface area contributed by atoms with Crippen LogP contribution in [0.3, 0.4) is 0 Å². The van der Waals surface area contributed by atoms with Crippen LogP contribution in [-0.2, 0) is 4.79 Å². The zero-order valence-corrected chi connectivity index (χ0v) is 9.71. The minimum Gasteiger partial charge on any atom is -0.370 e. The van der Waals surface area contributed by atoms with E-state index in [4.69, 9.17) is 5.73 Å². The van der Waals surface area contributed by atoms with Gasteiger partial charge in [-0.3, -0.25) is 4.79 Å². The number of primary amides is 1. The smallest absolute Gasteiger partial charge is 0.217 e.